The summed E-state index contributed by atoms with van der Waals surface area (Å²) in [5.41, 5.74) is 2.80. The Hall–Kier alpha value is -4.46. The number of carbonyl (C=O) groups excluding carboxylic acids is 2. The average molecular weight is 457 g/mol. The second kappa shape index (κ2) is 10.4. The zero-order valence-electron chi connectivity index (χ0n) is 18.6. The number of rotatable bonds is 8. The first-order valence-electron chi connectivity index (χ1n) is 10.7. The summed E-state index contributed by atoms with van der Waals surface area (Å²) in [5.74, 6) is -0.309. The second-order valence-electron chi connectivity index (χ2n) is 7.66. The van der Waals surface area contributed by atoms with Crippen molar-refractivity contribution in [3.63, 3.8) is 0 Å². The number of azo groups is 1. The first-order chi connectivity index (χ1) is 16.5. The number of benzene rings is 3. The molecule has 0 saturated heterocycles. The molecule has 0 radical (unpaired) electrons. The normalized spacial score (nSPS) is 11.1. The minimum Gasteiger partial charge on any atom is -0.497 e. The van der Waals surface area contributed by atoms with E-state index in [0.717, 1.165) is 16.6 Å². The van der Waals surface area contributed by atoms with Gasteiger partial charge in [-0.1, -0.05) is 60.7 Å². The lowest BCUT2D eigenvalue weighted by Crippen LogP contribution is -2.29. The quantitative estimate of drug-likeness (QED) is 0.384. The molecular formula is C26H24N4O4. The predicted molar refractivity (Wildman–Crippen MR) is 128 cm³/mol. The van der Waals surface area contributed by atoms with Gasteiger partial charge in [-0.25, -0.2) is 0 Å². The van der Waals surface area contributed by atoms with Crippen molar-refractivity contribution in [2.75, 3.05) is 13.7 Å². The van der Waals surface area contributed by atoms with Crippen LogP contribution in [-0.4, -0.2) is 35.1 Å². The van der Waals surface area contributed by atoms with Gasteiger partial charge in [0, 0.05) is 5.39 Å². The van der Waals surface area contributed by atoms with Crippen molar-refractivity contribution in [1.82, 2.24) is 9.88 Å². The molecule has 0 aliphatic rings. The molecule has 1 aromatic heterocycles. The molecule has 1 heterocycles. The number of hydrogen-bond acceptors (Lipinski definition) is 5. The third-order valence-electron chi connectivity index (χ3n) is 5.32. The Morgan fingerprint density at radius 2 is 1.65 bits per heavy atom. The van der Waals surface area contributed by atoms with Gasteiger partial charge in [-0.2, -0.15) is 0 Å². The Morgan fingerprint density at radius 3 is 2.38 bits per heavy atom. The highest BCUT2D eigenvalue weighted by molar-refractivity contribution is 5.95. The number of para-hydroxylation sites is 1. The highest BCUT2D eigenvalue weighted by Crippen LogP contribution is 2.39. The Kier molecular flexibility index (Phi) is 6.98. The molecule has 2 N–H and O–H groups in total. The molecule has 3 aromatic carbocycles. The highest BCUT2D eigenvalue weighted by atomic mass is 16.5. The van der Waals surface area contributed by atoms with Gasteiger partial charge in [0.25, 0.3) is 5.91 Å². The number of amides is 2. The average Bonchev–Trinajstić information content (AvgIpc) is 3.13. The molecule has 0 fully saturated rings. The van der Waals surface area contributed by atoms with Crippen molar-refractivity contribution < 1.29 is 19.4 Å². The summed E-state index contributed by atoms with van der Waals surface area (Å²) < 4.78 is 6.82. The second-order valence-corrected chi connectivity index (χ2v) is 7.66. The van der Waals surface area contributed by atoms with Crippen molar-refractivity contribution in [2.45, 2.75) is 13.0 Å². The van der Waals surface area contributed by atoms with Crippen LogP contribution >= 0.6 is 0 Å². The summed E-state index contributed by atoms with van der Waals surface area (Å²) in [4.78, 5) is 24.4. The molecule has 0 atom stereocenters. The molecule has 0 saturated carbocycles. The molecule has 34 heavy (non-hydrogen) atoms. The molecule has 0 aliphatic heterocycles. The van der Waals surface area contributed by atoms with Crippen LogP contribution in [0, 0.1) is 0 Å². The number of carbonyl (C=O) groups is 2. The number of fused-ring (bicyclic) bond motifs is 1. The maximum absolute atomic E-state index is 12.2. The van der Waals surface area contributed by atoms with Gasteiger partial charge in [0.1, 0.15) is 12.3 Å². The fourth-order valence-corrected chi connectivity index (χ4v) is 3.60. The fraction of sp³-hybridized carbons (Fsp3) is 0.154. The van der Waals surface area contributed by atoms with Crippen molar-refractivity contribution >= 4 is 28.4 Å². The zero-order valence-corrected chi connectivity index (χ0v) is 18.6. The SMILES string of the molecule is COc1ccc(CC(=O)NCC(=O)N=Nc2c(O)n(Cc3ccccc3)c3ccccc23)cc1. The van der Waals surface area contributed by atoms with Gasteiger partial charge < -0.3 is 19.7 Å². The lowest BCUT2D eigenvalue weighted by molar-refractivity contribution is -0.124. The van der Waals surface area contributed by atoms with Crippen molar-refractivity contribution in [1.29, 1.82) is 0 Å². The van der Waals surface area contributed by atoms with Crippen LogP contribution in [0.4, 0.5) is 5.69 Å². The van der Waals surface area contributed by atoms with E-state index in [0.29, 0.717) is 17.7 Å². The topological polar surface area (TPSA) is 105 Å². The molecule has 0 bridgehead atoms. The lowest BCUT2D eigenvalue weighted by atomic mass is 10.1. The van der Waals surface area contributed by atoms with E-state index in [4.69, 9.17) is 4.74 Å². The van der Waals surface area contributed by atoms with Crippen LogP contribution in [0.2, 0.25) is 0 Å². The summed E-state index contributed by atoms with van der Waals surface area (Å²) >= 11 is 0. The third-order valence-corrected chi connectivity index (χ3v) is 5.32. The van der Waals surface area contributed by atoms with E-state index < -0.39 is 5.91 Å². The third kappa shape index (κ3) is 5.29. The number of aromatic nitrogens is 1. The van der Waals surface area contributed by atoms with Crippen LogP contribution in [0.15, 0.2) is 89.1 Å². The van der Waals surface area contributed by atoms with Crippen molar-refractivity contribution in [2.24, 2.45) is 10.2 Å². The Balaban J connectivity index is 1.43. The van der Waals surface area contributed by atoms with Crippen molar-refractivity contribution in [3.05, 3.63) is 90.0 Å². The molecule has 2 amide bonds. The van der Waals surface area contributed by atoms with Crippen LogP contribution in [0.5, 0.6) is 11.6 Å². The summed E-state index contributed by atoms with van der Waals surface area (Å²) in [7, 11) is 1.57. The molecule has 4 aromatic rings. The van der Waals surface area contributed by atoms with E-state index in [9.17, 15) is 14.7 Å². The molecular weight excluding hydrogens is 432 g/mol. The van der Waals surface area contributed by atoms with Crippen LogP contribution in [-0.2, 0) is 22.6 Å². The van der Waals surface area contributed by atoms with Gasteiger partial charge in [-0.3, -0.25) is 9.59 Å². The Bertz CT molecular complexity index is 1330. The van der Waals surface area contributed by atoms with Gasteiger partial charge in [-0.05, 0) is 29.3 Å². The maximum Gasteiger partial charge on any atom is 0.283 e. The Labute approximate surface area is 196 Å². The molecule has 0 unspecified atom stereocenters. The van der Waals surface area contributed by atoms with Gasteiger partial charge in [0.2, 0.25) is 11.8 Å². The van der Waals surface area contributed by atoms with E-state index in [2.05, 4.69) is 15.5 Å². The number of methoxy groups -OCH3 is 1. The zero-order chi connectivity index (χ0) is 23.9. The van der Waals surface area contributed by atoms with Gasteiger partial charge in [-0.15, -0.1) is 10.2 Å². The minimum absolute atomic E-state index is 0.0786. The monoisotopic (exact) mass is 456 g/mol. The summed E-state index contributed by atoms with van der Waals surface area (Å²) in [6.07, 6.45) is 0.127. The standard InChI is InChI=1S/C26H24N4O4/c1-34-20-13-11-18(12-14-20)15-23(31)27-16-24(32)28-29-25-21-9-5-6-10-22(21)30(26(25)33)17-19-7-3-2-4-8-19/h2-14,33H,15-17H2,1H3,(H,27,31). The summed E-state index contributed by atoms with van der Waals surface area (Å²) in [5, 5.41) is 21.8. The van der Waals surface area contributed by atoms with E-state index in [1.54, 1.807) is 35.9 Å². The molecule has 172 valence electrons. The molecule has 8 heteroatoms. The molecule has 4 rings (SSSR count). The minimum atomic E-state index is -0.623. The molecule has 0 spiro atoms. The highest BCUT2D eigenvalue weighted by Gasteiger charge is 2.17. The van der Waals surface area contributed by atoms with Crippen LogP contribution < -0.4 is 10.1 Å². The number of nitrogens with zero attached hydrogens (tertiary/aromatic N) is 3. The molecule has 8 nitrogen and oxygen atoms in total. The summed E-state index contributed by atoms with van der Waals surface area (Å²) in [6, 6.07) is 24.2. The van der Waals surface area contributed by atoms with E-state index >= 15 is 0 Å². The van der Waals surface area contributed by atoms with Gasteiger partial charge >= 0.3 is 0 Å². The fourth-order valence-electron chi connectivity index (χ4n) is 3.60. The number of aromatic hydroxyl groups is 1. The smallest absolute Gasteiger partial charge is 0.283 e. The maximum atomic E-state index is 12.2. The first kappa shape index (κ1) is 22.7. The number of ether oxygens (including phenoxy) is 1. The number of hydrogen-bond donors (Lipinski definition) is 2. The van der Waals surface area contributed by atoms with Gasteiger partial charge in [0.05, 0.1) is 25.6 Å². The van der Waals surface area contributed by atoms with E-state index in [1.165, 1.54) is 0 Å². The van der Waals surface area contributed by atoms with E-state index in [1.807, 2.05) is 54.6 Å². The van der Waals surface area contributed by atoms with Crippen molar-refractivity contribution in [3.8, 4) is 11.6 Å². The van der Waals surface area contributed by atoms with Crippen LogP contribution in [0.3, 0.4) is 0 Å². The first-order valence-corrected chi connectivity index (χ1v) is 10.7. The largest absolute Gasteiger partial charge is 0.497 e. The van der Waals surface area contributed by atoms with E-state index in [-0.39, 0.29) is 30.4 Å². The van der Waals surface area contributed by atoms with Gasteiger partial charge in [0.15, 0.2) is 5.69 Å². The Morgan fingerprint density at radius 1 is 0.941 bits per heavy atom. The van der Waals surface area contributed by atoms with Crippen LogP contribution in [0.1, 0.15) is 11.1 Å². The predicted octanol–water partition coefficient (Wildman–Crippen LogP) is 4.37. The molecule has 0 aliphatic carbocycles. The summed E-state index contributed by atoms with van der Waals surface area (Å²) in [6.45, 7) is 0.153. The number of nitrogens with one attached hydrogen (secondary N) is 1. The lowest BCUT2D eigenvalue weighted by Gasteiger charge is -2.06. The van der Waals surface area contributed by atoms with Crippen LogP contribution in [0.25, 0.3) is 10.9 Å².